The lowest BCUT2D eigenvalue weighted by Crippen LogP contribution is -2.38. The fourth-order valence-electron chi connectivity index (χ4n) is 4.57. The number of carbonyl (C=O) groups is 2. The van der Waals surface area contributed by atoms with Crippen LogP contribution in [0.25, 0.3) is 17.0 Å². The van der Waals surface area contributed by atoms with Gasteiger partial charge in [-0.3, -0.25) is 4.79 Å². The molecule has 0 aliphatic carbocycles. The second-order valence-electron chi connectivity index (χ2n) is 10.2. The van der Waals surface area contributed by atoms with Crippen LogP contribution in [0.3, 0.4) is 0 Å². The number of carbonyl (C=O) groups excluding carboxylic acids is 2. The summed E-state index contributed by atoms with van der Waals surface area (Å²) in [7, 11) is 0. The Balaban J connectivity index is 1.47. The number of nitrogens with zero attached hydrogens (tertiary/aromatic N) is 2. The van der Waals surface area contributed by atoms with Crippen molar-refractivity contribution in [1.82, 2.24) is 9.88 Å². The molecule has 4 rings (SSSR count). The van der Waals surface area contributed by atoms with E-state index in [2.05, 4.69) is 4.98 Å². The SMILES string of the molecule is CCOC(=O)CC1=C(c2cccc(OCCc3nc(-c4ccccc4)oc3C)c2)CN(C(=O)OCC(C)C)CC1. The molecule has 2 aromatic carbocycles. The highest BCUT2D eigenvalue weighted by atomic mass is 16.6. The third kappa shape index (κ3) is 7.74. The van der Waals surface area contributed by atoms with Crippen molar-refractivity contribution in [3.05, 3.63) is 77.2 Å². The highest BCUT2D eigenvalue weighted by molar-refractivity contribution is 5.82. The summed E-state index contributed by atoms with van der Waals surface area (Å²) in [6.07, 6.45) is 1.02. The van der Waals surface area contributed by atoms with E-state index in [9.17, 15) is 9.59 Å². The molecular weight excluding hydrogens is 508 g/mol. The monoisotopic (exact) mass is 546 g/mol. The van der Waals surface area contributed by atoms with Gasteiger partial charge in [0.1, 0.15) is 11.5 Å². The highest BCUT2D eigenvalue weighted by Gasteiger charge is 2.26. The molecule has 8 heteroatoms. The summed E-state index contributed by atoms with van der Waals surface area (Å²) in [5.41, 5.74) is 4.59. The van der Waals surface area contributed by atoms with Crippen molar-refractivity contribution < 1.29 is 28.2 Å². The number of aromatic nitrogens is 1. The first-order chi connectivity index (χ1) is 19.3. The van der Waals surface area contributed by atoms with Crippen molar-refractivity contribution in [3.63, 3.8) is 0 Å². The lowest BCUT2D eigenvalue weighted by molar-refractivity contribution is -0.142. The zero-order chi connectivity index (χ0) is 28.5. The molecule has 0 bridgehead atoms. The van der Waals surface area contributed by atoms with Crippen LogP contribution < -0.4 is 4.74 Å². The fraction of sp³-hybridized carbons (Fsp3) is 0.406. The van der Waals surface area contributed by atoms with Gasteiger partial charge in [-0.25, -0.2) is 9.78 Å². The van der Waals surface area contributed by atoms with E-state index in [1.165, 1.54) is 0 Å². The number of hydrogen-bond acceptors (Lipinski definition) is 7. The van der Waals surface area contributed by atoms with Crippen LogP contribution in [0.2, 0.25) is 0 Å². The number of ether oxygens (including phenoxy) is 3. The first-order valence-corrected chi connectivity index (χ1v) is 13.9. The number of hydrogen-bond donors (Lipinski definition) is 0. The Hall–Kier alpha value is -4.07. The Morgan fingerprint density at radius 1 is 1.05 bits per heavy atom. The molecule has 3 aromatic rings. The molecule has 1 aromatic heterocycles. The first kappa shape index (κ1) is 28.9. The molecule has 212 valence electrons. The molecule has 0 fully saturated rings. The smallest absolute Gasteiger partial charge is 0.410 e. The molecule has 1 aliphatic rings. The van der Waals surface area contributed by atoms with Crippen molar-refractivity contribution in [2.45, 2.75) is 47.0 Å². The van der Waals surface area contributed by atoms with Crippen LogP contribution in [0.4, 0.5) is 4.79 Å². The summed E-state index contributed by atoms with van der Waals surface area (Å²) < 4.78 is 22.7. The molecule has 0 radical (unpaired) electrons. The normalized spacial score (nSPS) is 13.5. The van der Waals surface area contributed by atoms with Crippen LogP contribution in [0.5, 0.6) is 5.75 Å². The molecule has 0 N–H and O–H groups in total. The predicted molar refractivity (Wildman–Crippen MR) is 153 cm³/mol. The van der Waals surface area contributed by atoms with Gasteiger partial charge < -0.3 is 23.5 Å². The maximum Gasteiger partial charge on any atom is 0.410 e. The van der Waals surface area contributed by atoms with Crippen LogP contribution in [0.15, 0.2) is 64.6 Å². The second-order valence-corrected chi connectivity index (χ2v) is 10.2. The molecule has 8 nitrogen and oxygen atoms in total. The third-order valence-corrected chi connectivity index (χ3v) is 6.62. The summed E-state index contributed by atoms with van der Waals surface area (Å²) in [6.45, 7) is 9.68. The largest absolute Gasteiger partial charge is 0.493 e. The minimum Gasteiger partial charge on any atom is -0.493 e. The Morgan fingerprint density at radius 2 is 1.82 bits per heavy atom. The Bertz CT molecular complexity index is 1330. The number of benzene rings is 2. The lowest BCUT2D eigenvalue weighted by Gasteiger charge is -2.31. The van der Waals surface area contributed by atoms with E-state index < -0.39 is 0 Å². The summed E-state index contributed by atoms with van der Waals surface area (Å²) in [5, 5.41) is 0. The summed E-state index contributed by atoms with van der Waals surface area (Å²) in [6, 6.07) is 17.6. The Labute approximate surface area is 235 Å². The topological polar surface area (TPSA) is 91.1 Å². The zero-order valence-electron chi connectivity index (χ0n) is 23.8. The van der Waals surface area contributed by atoms with E-state index in [1.807, 2.05) is 75.4 Å². The third-order valence-electron chi connectivity index (χ3n) is 6.62. The van der Waals surface area contributed by atoms with Crippen molar-refractivity contribution >= 4 is 17.6 Å². The van der Waals surface area contributed by atoms with Gasteiger partial charge in [0.05, 0.1) is 31.9 Å². The van der Waals surface area contributed by atoms with Crippen LogP contribution in [0.1, 0.15) is 50.6 Å². The highest BCUT2D eigenvalue weighted by Crippen LogP contribution is 2.31. The first-order valence-electron chi connectivity index (χ1n) is 13.9. The van der Waals surface area contributed by atoms with Crippen LogP contribution >= 0.6 is 0 Å². The van der Waals surface area contributed by atoms with Gasteiger partial charge in [0.25, 0.3) is 0 Å². The minimum absolute atomic E-state index is 0.193. The number of rotatable bonds is 11. The van der Waals surface area contributed by atoms with Crippen LogP contribution in [-0.2, 0) is 20.7 Å². The van der Waals surface area contributed by atoms with Crippen molar-refractivity contribution in [1.29, 1.82) is 0 Å². The number of esters is 1. The Kier molecular flexibility index (Phi) is 10.00. The summed E-state index contributed by atoms with van der Waals surface area (Å²) in [4.78, 5) is 31.4. The van der Waals surface area contributed by atoms with Crippen LogP contribution in [0, 0.1) is 12.8 Å². The standard InChI is InChI=1S/C32H38N2O6/c1-5-37-30(35)19-26-14-16-34(32(36)39-21-22(2)3)20-28(26)25-12-9-13-27(18-25)38-17-15-29-23(4)40-31(33-29)24-10-7-6-8-11-24/h6-13,18,22H,5,14-17,19-21H2,1-4H3. The van der Waals surface area contributed by atoms with Gasteiger partial charge in [0, 0.05) is 25.1 Å². The average Bonchev–Trinajstić information content (AvgIpc) is 3.33. The number of oxazole rings is 1. The Morgan fingerprint density at radius 3 is 2.58 bits per heavy atom. The maximum absolute atomic E-state index is 12.7. The van der Waals surface area contributed by atoms with Gasteiger partial charge in [0.2, 0.25) is 5.89 Å². The second kappa shape index (κ2) is 13.8. The van der Waals surface area contributed by atoms with Gasteiger partial charge in [-0.2, -0.15) is 0 Å². The minimum atomic E-state index is -0.341. The van der Waals surface area contributed by atoms with Gasteiger partial charge in [-0.05, 0) is 61.6 Å². The summed E-state index contributed by atoms with van der Waals surface area (Å²) >= 11 is 0. The molecule has 40 heavy (non-hydrogen) atoms. The van der Waals surface area contributed by atoms with E-state index in [4.69, 9.17) is 18.6 Å². The molecule has 0 saturated heterocycles. The molecular formula is C32H38N2O6. The molecule has 0 saturated carbocycles. The quantitative estimate of drug-likeness (QED) is 0.254. The van der Waals surface area contributed by atoms with Gasteiger partial charge in [-0.15, -0.1) is 0 Å². The van der Waals surface area contributed by atoms with Crippen molar-refractivity contribution in [2.24, 2.45) is 5.92 Å². The van der Waals surface area contributed by atoms with Gasteiger partial charge >= 0.3 is 12.1 Å². The van der Waals surface area contributed by atoms with Gasteiger partial charge in [-0.1, -0.05) is 49.8 Å². The predicted octanol–water partition coefficient (Wildman–Crippen LogP) is 6.48. The maximum atomic E-state index is 12.7. The molecule has 0 unspecified atom stereocenters. The molecule has 1 amide bonds. The van der Waals surface area contributed by atoms with E-state index in [1.54, 1.807) is 11.8 Å². The number of amides is 1. The fourth-order valence-corrected chi connectivity index (χ4v) is 4.57. The average molecular weight is 547 g/mol. The molecule has 0 spiro atoms. The van der Waals surface area contributed by atoms with E-state index in [-0.39, 0.29) is 24.4 Å². The number of aryl methyl sites for hydroxylation is 1. The summed E-state index contributed by atoms with van der Waals surface area (Å²) in [5.74, 6) is 2.06. The lowest BCUT2D eigenvalue weighted by atomic mass is 9.92. The van der Waals surface area contributed by atoms with Crippen LogP contribution in [-0.4, -0.2) is 54.9 Å². The van der Waals surface area contributed by atoms with Crippen molar-refractivity contribution in [2.75, 3.05) is 32.9 Å². The van der Waals surface area contributed by atoms with E-state index in [0.29, 0.717) is 57.4 Å². The molecule has 2 heterocycles. The van der Waals surface area contributed by atoms with E-state index >= 15 is 0 Å². The van der Waals surface area contributed by atoms with E-state index in [0.717, 1.165) is 33.7 Å². The van der Waals surface area contributed by atoms with Crippen molar-refractivity contribution in [3.8, 4) is 17.2 Å². The molecule has 0 atom stereocenters. The van der Waals surface area contributed by atoms with Gasteiger partial charge in [0.15, 0.2) is 0 Å². The molecule has 1 aliphatic heterocycles. The zero-order valence-corrected chi connectivity index (χ0v) is 23.8.